The molecule has 1 aromatic heterocycles. The zero-order valence-corrected chi connectivity index (χ0v) is 20.0. The van der Waals surface area contributed by atoms with Crippen LogP contribution < -0.4 is 4.90 Å². The molecule has 1 aromatic rings. The molecule has 29 heavy (non-hydrogen) atoms. The summed E-state index contributed by atoms with van der Waals surface area (Å²) >= 11 is 0. The summed E-state index contributed by atoms with van der Waals surface area (Å²) < 4.78 is 0. The predicted molar refractivity (Wildman–Crippen MR) is 126 cm³/mol. The fourth-order valence-corrected chi connectivity index (χ4v) is 4.51. The summed E-state index contributed by atoms with van der Waals surface area (Å²) in [5.74, 6) is 1.78. The summed E-state index contributed by atoms with van der Waals surface area (Å²) in [4.78, 5) is 14.8. The molecule has 0 aliphatic carbocycles. The first-order valence-corrected chi connectivity index (χ1v) is 12.3. The lowest BCUT2D eigenvalue weighted by Gasteiger charge is -2.48. The van der Waals surface area contributed by atoms with Gasteiger partial charge in [0.1, 0.15) is 0 Å². The van der Waals surface area contributed by atoms with Crippen LogP contribution in [0, 0.1) is 5.92 Å². The van der Waals surface area contributed by atoms with E-state index in [1.54, 1.807) is 0 Å². The highest BCUT2D eigenvalue weighted by molar-refractivity contribution is 5.35. The van der Waals surface area contributed by atoms with Gasteiger partial charge >= 0.3 is 0 Å². The van der Waals surface area contributed by atoms with E-state index in [-0.39, 0.29) is 0 Å². The van der Waals surface area contributed by atoms with Gasteiger partial charge in [-0.1, -0.05) is 59.8 Å². The molecule has 0 N–H and O–H groups in total. The third-order valence-corrected chi connectivity index (χ3v) is 6.52. The van der Waals surface area contributed by atoms with E-state index in [2.05, 4.69) is 63.7 Å². The number of unbranched alkanes of at least 4 members (excludes halogenated alkanes) is 4. The standard InChI is InChI=1S/C25H46N4/c1-7-23-18-28(21(5)6)19-24(8-2)29(23)25-26-16-22(17-27-25)15-13-11-9-10-12-14-20(3)4/h16-17,20-21,23-24H,7-15,18-19H2,1-6H3. The Balaban J connectivity index is 1.86. The number of aryl methyl sites for hydroxylation is 1. The first-order valence-electron chi connectivity index (χ1n) is 12.3. The van der Waals surface area contributed by atoms with Crippen molar-refractivity contribution in [1.82, 2.24) is 14.9 Å². The topological polar surface area (TPSA) is 32.3 Å². The van der Waals surface area contributed by atoms with Gasteiger partial charge in [0.2, 0.25) is 5.95 Å². The van der Waals surface area contributed by atoms with Gasteiger partial charge in [-0.2, -0.15) is 0 Å². The highest BCUT2D eigenvalue weighted by Crippen LogP contribution is 2.26. The number of hydrogen-bond donors (Lipinski definition) is 0. The fourth-order valence-electron chi connectivity index (χ4n) is 4.51. The van der Waals surface area contributed by atoms with Gasteiger partial charge in [-0.3, -0.25) is 4.90 Å². The second kappa shape index (κ2) is 12.5. The Kier molecular flexibility index (Phi) is 10.4. The summed E-state index contributed by atoms with van der Waals surface area (Å²) in [5, 5.41) is 0. The van der Waals surface area contributed by atoms with Crippen LogP contribution in [0.4, 0.5) is 5.95 Å². The SMILES string of the molecule is CCC1CN(C(C)C)CC(CC)N1c1ncc(CCCCCCCC(C)C)cn1. The Bertz CT molecular complexity index is 540. The second-order valence-corrected chi connectivity index (χ2v) is 9.67. The molecule has 1 fully saturated rings. The second-order valence-electron chi connectivity index (χ2n) is 9.67. The minimum absolute atomic E-state index is 0.507. The van der Waals surface area contributed by atoms with Crippen LogP contribution in [0.5, 0.6) is 0 Å². The average Bonchev–Trinajstić information content (AvgIpc) is 2.72. The lowest BCUT2D eigenvalue weighted by Crippen LogP contribution is -2.60. The highest BCUT2D eigenvalue weighted by Gasteiger charge is 2.35. The minimum atomic E-state index is 0.507. The molecule has 2 rings (SSSR count). The van der Waals surface area contributed by atoms with Crippen LogP contribution in [-0.2, 0) is 6.42 Å². The lowest BCUT2D eigenvalue weighted by atomic mass is 10.0. The van der Waals surface area contributed by atoms with Crippen molar-refractivity contribution in [2.45, 2.75) is 117 Å². The third kappa shape index (κ3) is 7.55. The molecular formula is C25H46N4. The number of nitrogens with zero attached hydrogens (tertiary/aromatic N) is 4. The van der Waals surface area contributed by atoms with Crippen molar-refractivity contribution in [3.8, 4) is 0 Å². The third-order valence-electron chi connectivity index (χ3n) is 6.52. The van der Waals surface area contributed by atoms with Crippen molar-refractivity contribution < 1.29 is 0 Å². The van der Waals surface area contributed by atoms with E-state index >= 15 is 0 Å². The summed E-state index contributed by atoms with van der Waals surface area (Å²) in [6.07, 6.45) is 15.6. The van der Waals surface area contributed by atoms with E-state index in [9.17, 15) is 0 Å². The van der Waals surface area contributed by atoms with Gasteiger partial charge in [0, 0.05) is 43.6 Å². The number of rotatable bonds is 12. The molecule has 2 unspecified atom stereocenters. The highest BCUT2D eigenvalue weighted by atomic mass is 15.4. The molecule has 0 spiro atoms. The smallest absolute Gasteiger partial charge is 0.225 e. The quantitative estimate of drug-likeness (QED) is 0.395. The molecule has 1 saturated heterocycles. The normalized spacial score (nSPS) is 20.8. The van der Waals surface area contributed by atoms with Crippen LogP contribution in [0.15, 0.2) is 12.4 Å². The van der Waals surface area contributed by atoms with Crippen LogP contribution >= 0.6 is 0 Å². The largest absolute Gasteiger partial charge is 0.332 e. The van der Waals surface area contributed by atoms with E-state index in [1.165, 1.54) is 44.1 Å². The van der Waals surface area contributed by atoms with Crippen LogP contribution in [-0.4, -0.2) is 46.1 Å². The van der Waals surface area contributed by atoms with Crippen molar-refractivity contribution in [1.29, 1.82) is 0 Å². The van der Waals surface area contributed by atoms with E-state index in [1.807, 2.05) is 0 Å². The van der Waals surface area contributed by atoms with E-state index < -0.39 is 0 Å². The number of anilines is 1. The Labute approximate surface area is 180 Å². The molecule has 0 amide bonds. The molecule has 2 atom stereocenters. The lowest BCUT2D eigenvalue weighted by molar-refractivity contribution is 0.147. The minimum Gasteiger partial charge on any atom is -0.332 e. The molecule has 0 aromatic carbocycles. The van der Waals surface area contributed by atoms with Crippen molar-refractivity contribution in [2.75, 3.05) is 18.0 Å². The van der Waals surface area contributed by atoms with Gasteiger partial charge in [-0.05, 0) is 51.0 Å². The molecule has 1 aliphatic heterocycles. The van der Waals surface area contributed by atoms with E-state index in [0.717, 1.165) is 44.2 Å². The maximum Gasteiger partial charge on any atom is 0.225 e. The van der Waals surface area contributed by atoms with Gasteiger partial charge < -0.3 is 4.90 Å². The number of piperazine rings is 1. The van der Waals surface area contributed by atoms with Gasteiger partial charge in [0.05, 0.1) is 0 Å². The molecule has 0 bridgehead atoms. The zero-order valence-electron chi connectivity index (χ0n) is 20.0. The van der Waals surface area contributed by atoms with Crippen molar-refractivity contribution in [3.05, 3.63) is 18.0 Å². The van der Waals surface area contributed by atoms with Gasteiger partial charge in [-0.25, -0.2) is 9.97 Å². The van der Waals surface area contributed by atoms with Crippen LogP contribution in [0.2, 0.25) is 0 Å². The maximum absolute atomic E-state index is 4.81. The maximum atomic E-state index is 4.81. The van der Waals surface area contributed by atoms with Crippen LogP contribution in [0.1, 0.15) is 98.5 Å². The van der Waals surface area contributed by atoms with Crippen LogP contribution in [0.3, 0.4) is 0 Å². The number of aromatic nitrogens is 2. The first-order chi connectivity index (χ1) is 14.0. The van der Waals surface area contributed by atoms with E-state index in [4.69, 9.17) is 9.97 Å². The molecule has 1 aliphatic rings. The summed E-state index contributed by atoms with van der Waals surface area (Å²) in [7, 11) is 0. The van der Waals surface area contributed by atoms with Gasteiger partial charge in [0.15, 0.2) is 0 Å². The van der Waals surface area contributed by atoms with Gasteiger partial charge in [-0.15, -0.1) is 0 Å². The Morgan fingerprint density at radius 3 is 1.93 bits per heavy atom. The van der Waals surface area contributed by atoms with E-state index in [0.29, 0.717) is 18.1 Å². The number of hydrogen-bond acceptors (Lipinski definition) is 4. The summed E-state index contributed by atoms with van der Waals surface area (Å²) in [6.45, 7) is 16.1. The van der Waals surface area contributed by atoms with Crippen molar-refractivity contribution in [3.63, 3.8) is 0 Å². The summed E-state index contributed by atoms with van der Waals surface area (Å²) in [6, 6.07) is 1.62. The molecule has 4 nitrogen and oxygen atoms in total. The van der Waals surface area contributed by atoms with Crippen LogP contribution in [0.25, 0.3) is 0 Å². The Morgan fingerprint density at radius 2 is 1.41 bits per heavy atom. The predicted octanol–water partition coefficient (Wildman–Crippen LogP) is 6.10. The fraction of sp³-hybridized carbons (Fsp3) is 0.840. The molecule has 0 radical (unpaired) electrons. The zero-order chi connectivity index (χ0) is 21.2. The molecule has 166 valence electrons. The van der Waals surface area contributed by atoms with Gasteiger partial charge in [0.25, 0.3) is 0 Å². The first kappa shape index (κ1) is 24.1. The summed E-state index contributed by atoms with van der Waals surface area (Å²) in [5.41, 5.74) is 1.29. The monoisotopic (exact) mass is 402 g/mol. The van der Waals surface area contributed by atoms with Crippen molar-refractivity contribution >= 4 is 5.95 Å². The Hall–Kier alpha value is -1.16. The molecule has 4 heteroatoms. The van der Waals surface area contributed by atoms with Crippen molar-refractivity contribution in [2.24, 2.45) is 5.92 Å². The molecule has 2 heterocycles. The molecule has 0 saturated carbocycles. The molecular weight excluding hydrogens is 356 g/mol. The average molecular weight is 403 g/mol. The Morgan fingerprint density at radius 1 is 0.862 bits per heavy atom.